The van der Waals surface area contributed by atoms with Crippen LogP contribution in [0.25, 0.3) is 0 Å². The van der Waals surface area contributed by atoms with Gasteiger partial charge in [-0.05, 0) is 25.8 Å². The standard InChI is InChI=1S/C12H13F2N5O3S/c1-7-15-10(22-17-7)11(3-4-11)18-23(20,21)9-2-5-19(16-9)8-6-12(8,13)14/h2,5,8,18H,3-4,6H2,1H3. The Morgan fingerprint density at radius 1 is 1.43 bits per heavy atom. The van der Waals surface area contributed by atoms with Gasteiger partial charge in [0.25, 0.3) is 15.9 Å². The van der Waals surface area contributed by atoms with E-state index in [9.17, 15) is 17.2 Å². The summed E-state index contributed by atoms with van der Waals surface area (Å²) in [7, 11) is -3.97. The van der Waals surface area contributed by atoms with Gasteiger partial charge in [0.05, 0.1) is 0 Å². The van der Waals surface area contributed by atoms with E-state index in [1.807, 2.05) is 0 Å². The molecule has 0 radical (unpaired) electrons. The first-order chi connectivity index (χ1) is 10.7. The Hall–Kier alpha value is -1.88. The molecule has 2 aromatic heterocycles. The van der Waals surface area contributed by atoms with Gasteiger partial charge in [-0.25, -0.2) is 17.2 Å². The zero-order chi connectivity index (χ0) is 16.5. The second-order valence-electron chi connectivity index (χ2n) is 5.95. The van der Waals surface area contributed by atoms with Gasteiger partial charge in [-0.1, -0.05) is 5.16 Å². The van der Waals surface area contributed by atoms with Crippen molar-refractivity contribution in [2.24, 2.45) is 0 Å². The van der Waals surface area contributed by atoms with Gasteiger partial charge in [-0.2, -0.15) is 14.8 Å². The van der Waals surface area contributed by atoms with Crippen molar-refractivity contribution >= 4 is 10.0 Å². The van der Waals surface area contributed by atoms with Crippen LogP contribution < -0.4 is 4.72 Å². The van der Waals surface area contributed by atoms with Gasteiger partial charge in [-0.3, -0.25) is 4.68 Å². The second kappa shape index (κ2) is 4.35. The molecular weight excluding hydrogens is 332 g/mol. The van der Waals surface area contributed by atoms with Gasteiger partial charge in [0.2, 0.25) is 5.89 Å². The lowest BCUT2D eigenvalue weighted by Gasteiger charge is -2.11. The summed E-state index contributed by atoms with van der Waals surface area (Å²) < 4.78 is 59.4. The van der Waals surface area contributed by atoms with E-state index in [2.05, 4.69) is 20.0 Å². The molecule has 11 heteroatoms. The van der Waals surface area contributed by atoms with Crippen LogP contribution in [0.2, 0.25) is 0 Å². The zero-order valence-electron chi connectivity index (χ0n) is 12.0. The summed E-state index contributed by atoms with van der Waals surface area (Å²) in [6.45, 7) is 1.63. The molecule has 0 aliphatic heterocycles. The Balaban J connectivity index is 1.57. The van der Waals surface area contributed by atoms with E-state index in [1.54, 1.807) is 6.92 Å². The van der Waals surface area contributed by atoms with E-state index in [0.717, 1.165) is 4.68 Å². The topological polar surface area (TPSA) is 103 Å². The van der Waals surface area contributed by atoms with E-state index in [1.165, 1.54) is 12.3 Å². The number of aryl methyl sites for hydroxylation is 1. The smallest absolute Gasteiger partial charge is 0.272 e. The molecule has 0 amide bonds. The van der Waals surface area contributed by atoms with Crippen LogP contribution in [0.1, 0.15) is 37.0 Å². The largest absolute Gasteiger partial charge is 0.337 e. The molecule has 0 aromatic carbocycles. The number of hydrogen-bond acceptors (Lipinski definition) is 6. The number of nitrogens with zero attached hydrogens (tertiary/aromatic N) is 4. The van der Waals surface area contributed by atoms with Gasteiger partial charge in [0.15, 0.2) is 10.9 Å². The highest BCUT2D eigenvalue weighted by molar-refractivity contribution is 7.89. The van der Waals surface area contributed by atoms with Crippen LogP contribution in [0.3, 0.4) is 0 Å². The Morgan fingerprint density at radius 2 is 2.13 bits per heavy atom. The minimum atomic E-state index is -3.97. The minimum Gasteiger partial charge on any atom is -0.337 e. The third-order valence-electron chi connectivity index (χ3n) is 3.99. The first-order valence-electron chi connectivity index (χ1n) is 7.00. The fourth-order valence-electron chi connectivity index (χ4n) is 2.41. The first kappa shape index (κ1) is 14.7. The molecule has 2 fully saturated rings. The second-order valence-corrected chi connectivity index (χ2v) is 7.58. The molecule has 23 heavy (non-hydrogen) atoms. The lowest BCUT2D eigenvalue weighted by molar-refractivity contribution is 0.0981. The van der Waals surface area contributed by atoms with Crippen molar-refractivity contribution in [2.75, 3.05) is 0 Å². The first-order valence-corrected chi connectivity index (χ1v) is 8.48. The van der Waals surface area contributed by atoms with Crippen molar-refractivity contribution in [1.29, 1.82) is 0 Å². The predicted molar refractivity (Wildman–Crippen MR) is 71.1 cm³/mol. The van der Waals surface area contributed by atoms with Gasteiger partial charge >= 0.3 is 0 Å². The summed E-state index contributed by atoms with van der Waals surface area (Å²) >= 11 is 0. The Labute approximate surface area is 129 Å². The quantitative estimate of drug-likeness (QED) is 0.871. The minimum absolute atomic E-state index is 0.201. The van der Waals surface area contributed by atoms with Gasteiger partial charge in [-0.15, -0.1) is 0 Å². The van der Waals surface area contributed by atoms with E-state index in [0.29, 0.717) is 18.7 Å². The lowest BCUT2D eigenvalue weighted by atomic mass is 10.3. The van der Waals surface area contributed by atoms with Crippen LogP contribution in [-0.2, 0) is 15.6 Å². The molecule has 1 atom stereocenters. The van der Waals surface area contributed by atoms with Crippen molar-refractivity contribution in [2.45, 2.75) is 48.7 Å². The van der Waals surface area contributed by atoms with Crippen molar-refractivity contribution < 1.29 is 21.7 Å². The highest BCUT2D eigenvalue weighted by Gasteiger charge is 2.59. The van der Waals surface area contributed by atoms with Crippen LogP contribution >= 0.6 is 0 Å². The van der Waals surface area contributed by atoms with Crippen LogP contribution in [-0.4, -0.2) is 34.3 Å². The SMILES string of the molecule is Cc1noc(C2(NS(=O)(=O)c3ccn(C4CC4(F)F)n3)CC2)n1. The Morgan fingerprint density at radius 3 is 2.65 bits per heavy atom. The third kappa shape index (κ3) is 2.43. The van der Waals surface area contributed by atoms with Crippen LogP contribution in [0.15, 0.2) is 21.8 Å². The normalized spacial score (nSPS) is 24.6. The highest BCUT2D eigenvalue weighted by atomic mass is 32.2. The lowest BCUT2D eigenvalue weighted by Crippen LogP contribution is -2.35. The molecule has 2 saturated carbocycles. The molecule has 0 saturated heterocycles. The predicted octanol–water partition coefficient (Wildman–Crippen LogP) is 1.12. The number of halogens is 2. The molecule has 8 nitrogen and oxygen atoms in total. The molecule has 4 rings (SSSR count). The molecular formula is C12H13F2N5O3S. The fourth-order valence-corrected chi connectivity index (χ4v) is 3.76. The molecule has 0 bridgehead atoms. The average Bonchev–Trinajstić information content (AvgIpc) is 3.17. The number of sulfonamides is 1. The molecule has 2 heterocycles. The fraction of sp³-hybridized carbons (Fsp3) is 0.583. The van der Waals surface area contributed by atoms with E-state index in [-0.39, 0.29) is 17.3 Å². The van der Waals surface area contributed by atoms with E-state index in [4.69, 9.17) is 4.52 Å². The van der Waals surface area contributed by atoms with E-state index >= 15 is 0 Å². The third-order valence-corrected chi connectivity index (χ3v) is 5.42. The monoisotopic (exact) mass is 345 g/mol. The maximum absolute atomic E-state index is 13.0. The van der Waals surface area contributed by atoms with Crippen LogP contribution in [0.4, 0.5) is 8.78 Å². The maximum atomic E-state index is 13.0. The molecule has 0 spiro atoms. The van der Waals surface area contributed by atoms with Crippen molar-refractivity contribution in [1.82, 2.24) is 24.6 Å². The van der Waals surface area contributed by atoms with Gasteiger partial charge in [0.1, 0.15) is 11.6 Å². The summed E-state index contributed by atoms with van der Waals surface area (Å²) in [4.78, 5) is 4.06. The van der Waals surface area contributed by atoms with Crippen molar-refractivity contribution in [3.8, 4) is 0 Å². The number of hydrogen-bond donors (Lipinski definition) is 1. The highest BCUT2D eigenvalue weighted by Crippen LogP contribution is 2.52. The zero-order valence-corrected chi connectivity index (χ0v) is 12.8. The molecule has 2 aliphatic rings. The summed E-state index contributed by atoms with van der Waals surface area (Å²) in [5, 5.41) is 7.12. The molecule has 124 valence electrons. The summed E-state index contributed by atoms with van der Waals surface area (Å²) in [6, 6.07) is 0.131. The summed E-state index contributed by atoms with van der Waals surface area (Å²) in [5.41, 5.74) is -0.923. The van der Waals surface area contributed by atoms with Crippen LogP contribution in [0, 0.1) is 6.92 Å². The van der Waals surface area contributed by atoms with E-state index < -0.39 is 27.5 Å². The van der Waals surface area contributed by atoms with Gasteiger partial charge in [0, 0.05) is 12.6 Å². The maximum Gasteiger partial charge on any atom is 0.272 e. The number of rotatable bonds is 5. The number of aromatic nitrogens is 4. The number of nitrogens with one attached hydrogen (secondary N) is 1. The van der Waals surface area contributed by atoms with Crippen molar-refractivity contribution in [3.05, 3.63) is 24.0 Å². The summed E-state index contributed by atoms with van der Waals surface area (Å²) in [6.07, 6.45) is 1.97. The van der Waals surface area contributed by atoms with Crippen molar-refractivity contribution in [3.63, 3.8) is 0 Å². The van der Waals surface area contributed by atoms with Gasteiger partial charge < -0.3 is 4.52 Å². The molecule has 2 aromatic rings. The molecule has 1 unspecified atom stereocenters. The average molecular weight is 345 g/mol. The molecule has 2 aliphatic carbocycles. The van der Waals surface area contributed by atoms with Crippen LogP contribution in [0.5, 0.6) is 0 Å². The summed E-state index contributed by atoms with van der Waals surface area (Å²) in [5.74, 6) is -2.21. The number of alkyl halides is 2. The Bertz CT molecular complexity index is 871. The molecule has 1 N–H and O–H groups in total. The Kier molecular flexibility index (Phi) is 2.78.